The van der Waals surface area contributed by atoms with Crippen molar-refractivity contribution in [3.63, 3.8) is 0 Å². The molecule has 0 aromatic heterocycles. The van der Waals surface area contributed by atoms with Crippen LogP contribution in [0.2, 0.25) is 0 Å². The first-order valence-corrected chi connectivity index (χ1v) is 25.0. The molecule has 0 fully saturated rings. The molecule has 12 aromatic carbocycles. The summed E-state index contributed by atoms with van der Waals surface area (Å²) in [7, 11) is 0. The van der Waals surface area contributed by atoms with Gasteiger partial charge in [-0.05, 0) is 96.7 Å². The third-order valence-corrected chi connectivity index (χ3v) is 16.0. The Morgan fingerprint density at radius 1 is 0.292 bits per heavy atom. The highest BCUT2D eigenvalue weighted by Gasteiger charge is 2.52. The van der Waals surface area contributed by atoms with Crippen LogP contribution in [0, 0.1) is 0 Å². The third-order valence-electron chi connectivity index (χ3n) is 16.0. The number of nitrogens with zero attached hydrogens (tertiary/aromatic N) is 1. The van der Waals surface area contributed by atoms with Crippen LogP contribution in [0.5, 0.6) is 11.5 Å². The van der Waals surface area contributed by atoms with Gasteiger partial charge in [-0.3, -0.25) is 0 Å². The minimum atomic E-state index is -0.626. The van der Waals surface area contributed by atoms with Crippen molar-refractivity contribution in [2.45, 2.75) is 10.8 Å². The van der Waals surface area contributed by atoms with Crippen molar-refractivity contribution in [2.24, 2.45) is 0 Å². The fraction of sp³-hybridized carbons (Fsp3) is 0.0286. The van der Waals surface area contributed by atoms with Crippen molar-refractivity contribution in [1.29, 1.82) is 0 Å². The number of rotatable bonds is 6. The number of hydrogen-bond acceptors (Lipinski definition) is 2. The molecule has 0 atom stereocenters. The van der Waals surface area contributed by atoms with Gasteiger partial charge in [-0.15, -0.1) is 0 Å². The molecule has 1 aliphatic heterocycles. The largest absolute Gasteiger partial charge is 0.455 e. The van der Waals surface area contributed by atoms with Gasteiger partial charge in [0.05, 0.1) is 22.2 Å². The highest BCUT2D eigenvalue weighted by Crippen LogP contribution is 2.65. The van der Waals surface area contributed by atoms with Crippen molar-refractivity contribution in [3.05, 3.63) is 317 Å². The predicted molar refractivity (Wildman–Crippen MR) is 296 cm³/mol. The zero-order valence-corrected chi connectivity index (χ0v) is 39.3. The summed E-state index contributed by atoms with van der Waals surface area (Å²) in [6.07, 6.45) is 0. The first kappa shape index (κ1) is 40.6. The SMILES string of the molecule is c1ccc(N(c2ccccc2-c2ccc3c(c2)-c2ccccc2C32c3ccc4ccccc4c3Oc3c2ccc2ccccc32)c2cccc3c2-c2ccccc2C3(c2ccccc2)c2ccccc2)cc1. The standard InChI is InChI=1S/C70H45NO/c1-4-23-49(24-5-1)69(50-25-6-2-7-26-50)59-35-18-15-33-56(59)66-61(69)36-20-38-65(66)71(51-27-8-3-9-28-51)64-37-19-16-29-52(64)48-41-42-60-57(45-48)55-32-14-17-34-58(55)70(60)62-43-39-46-21-10-12-30-53(46)67(62)72-68-54-31-13-11-22-47(54)40-44-63(68)70/h1-45H. The zero-order valence-electron chi connectivity index (χ0n) is 39.3. The highest BCUT2D eigenvalue weighted by atomic mass is 16.5. The third kappa shape index (κ3) is 5.49. The molecule has 3 aliphatic rings. The van der Waals surface area contributed by atoms with Crippen LogP contribution in [0.3, 0.4) is 0 Å². The van der Waals surface area contributed by atoms with Gasteiger partial charge in [0.25, 0.3) is 0 Å². The second kappa shape index (κ2) is 15.6. The van der Waals surface area contributed by atoms with Crippen LogP contribution in [0.15, 0.2) is 273 Å². The lowest BCUT2D eigenvalue weighted by Crippen LogP contribution is -2.32. The second-order valence-corrected chi connectivity index (χ2v) is 19.4. The van der Waals surface area contributed by atoms with E-state index in [-0.39, 0.29) is 0 Å². The van der Waals surface area contributed by atoms with Crippen LogP contribution in [-0.4, -0.2) is 0 Å². The van der Waals surface area contributed by atoms with Gasteiger partial charge >= 0.3 is 0 Å². The number of para-hydroxylation sites is 2. The summed E-state index contributed by atoms with van der Waals surface area (Å²) in [5, 5.41) is 4.56. The Balaban J connectivity index is 0.973. The van der Waals surface area contributed by atoms with Crippen LogP contribution >= 0.6 is 0 Å². The van der Waals surface area contributed by atoms with Gasteiger partial charge in [-0.2, -0.15) is 0 Å². The van der Waals surface area contributed by atoms with Gasteiger partial charge < -0.3 is 9.64 Å². The van der Waals surface area contributed by atoms with E-state index in [4.69, 9.17) is 4.74 Å². The Labute approximate surface area is 419 Å². The number of hydrogen-bond donors (Lipinski definition) is 0. The van der Waals surface area contributed by atoms with E-state index in [2.05, 4.69) is 278 Å². The van der Waals surface area contributed by atoms with E-state index in [1.54, 1.807) is 0 Å². The van der Waals surface area contributed by atoms with Gasteiger partial charge in [0.2, 0.25) is 0 Å². The molecule has 1 heterocycles. The molecular weight excluding hydrogens is 871 g/mol. The van der Waals surface area contributed by atoms with E-state index in [0.717, 1.165) is 61.2 Å². The lowest BCUT2D eigenvalue weighted by Gasteiger charge is -2.40. The van der Waals surface area contributed by atoms with Gasteiger partial charge in [-0.25, -0.2) is 0 Å². The van der Waals surface area contributed by atoms with Gasteiger partial charge in [-0.1, -0.05) is 243 Å². The van der Waals surface area contributed by atoms with E-state index in [0.29, 0.717) is 0 Å². The van der Waals surface area contributed by atoms with E-state index >= 15 is 0 Å². The molecule has 2 aliphatic carbocycles. The Bertz CT molecular complexity index is 4010. The van der Waals surface area contributed by atoms with Crippen molar-refractivity contribution in [1.82, 2.24) is 0 Å². The smallest absolute Gasteiger partial charge is 0.140 e. The zero-order chi connectivity index (χ0) is 47.4. The summed E-state index contributed by atoms with van der Waals surface area (Å²) in [6.45, 7) is 0. The van der Waals surface area contributed by atoms with Crippen LogP contribution in [0.1, 0.15) is 44.5 Å². The molecule has 2 nitrogen and oxygen atoms in total. The summed E-state index contributed by atoms with van der Waals surface area (Å²) in [4.78, 5) is 2.50. The quantitative estimate of drug-likeness (QED) is 0.165. The first-order chi connectivity index (χ1) is 35.7. The maximum Gasteiger partial charge on any atom is 0.140 e. The van der Waals surface area contributed by atoms with E-state index < -0.39 is 10.8 Å². The molecule has 0 radical (unpaired) electrons. The number of benzene rings is 12. The Hall–Kier alpha value is -9.24. The molecule has 15 rings (SSSR count). The fourth-order valence-corrected chi connectivity index (χ4v) is 13.1. The van der Waals surface area contributed by atoms with Crippen LogP contribution in [-0.2, 0) is 10.8 Å². The monoisotopic (exact) mass is 915 g/mol. The number of fused-ring (bicyclic) bond motifs is 16. The van der Waals surface area contributed by atoms with Crippen LogP contribution in [0.25, 0.3) is 54.9 Å². The first-order valence-electron chi connectivity index (χ1n) is 25.0. The molecule has 336 valence electrons. The lowest BCUT2D eigenvalue weighted by molar-refractivity contribution is 0.447. The average Bonchev–Trinajstić information content (AvgIpc) is 3.92. The summed E-state index contributed by atoms with van der Waals surface area (Å²) in [5.41, 5.74) is 19.3. The lowest BCUT2D eigenvalue weighted by atomic mass is 9.65. The van der Waals surface area contributed by atoms with Crippen LogP contribution < -0.4 is 9.64 Å². The molecule has 12 aromatic rings. The summed E-state index contributed by atoms with van der Waals surface area (Å²) in [6, 6.07) is 101. The van der Waals surface area contributed by atoms with Crippen molar-refractivity contribution >= 4 is 38.6 Å². The number of anilines is 3. The van der Waals surface area contributed by atoms with Crippen LogP contribution in [0.4, 0.5) is 17.1 Å². The molecule has 72 heavy (non-hydrogen) atoms. The minimum absolute atomic E-state index is 0.532. The summed E-state index contributed by atoms with van der Waals surface area (Å²) < 4.78 is 7.25. The summed E-state index contributed by atoms with van der Waals surface area (Å²) in [5.74, 6) is 1.85. The van der Waals surface area contributed by atoms with E-state index in [1.165, 1.54) is 66.8 Å². The fourth-order valence-electron chi connectivity index (χ4n) is 13.1. The minimum Gasteiger partial charge on any atom is -0.455 e. The molecule has 0 amide bonds. The Morgan fingerprint density at radius 3 is 1.42 bits per heavy atom. The Kier molecular flexibility index (Phi) is 8.82. The van der Waals surface area contributed by atoms with E-state index in [1.807, 2.05) is 0 Å². The van der Waals surface area contributed by atoms with E-state index in [9.17, 15) is 0 Å². The molecule has 0 saturated carbocycles. The molecular formula is C70H45NO. The van der Waals surface area contributed by atoms with Crippen molar-refractivity contribution < 1.29 is 4.74 Å². The number of ether oxygens (including phenoxy) is 1. The molecule has 2 heteroatoms. The van der Waals surface area contributed by atoms with Crippen molar-refractivity contribution in [2.75, 3.05) is 4.90 Å². The van der Waals surface area contributed by atoms with Crippen molar-refractivity contribution in [3.8, 4) is 44.9 Å². The van der Waals surface area contributed by atoms with Gasteiger partial charge in [0, 0.05) is 38.7 Å². The molecule has 0 unspecified atom stereocenters. The molecule has 0 saturated heterocycles. The highest BCUT2D eigenvalue weighted by molar-refractivity contribution is 6.03. The normalized spacial score (nSPS) is 13.9. The molecule has 1 spiro atoms. The molecule has 0 bridgehead atoms. The summed E-state index contributed by atoms with van der Waals surface area (Å²) >= 11 is 0. The topological polar surface area (TPSA) is 12.5 Å². The van der Waals surface area contributed by atoms with Gasteiger partial charge in [0.15, 0.2) is 0 Å². The predicted octanol–water partition coefficient (Wildman–Crippen LogP) is 18.0. The molecule has 0 N–H and O–H groups in total. The second-order valence-electron chi connectivity index (χ2n) is 19.4. The Morgan fingerprint density at radius 2 is 0.764 bits per heavy atom. The van der Waals surface area contributed by atoms with Gasteiger partial charge in [0.1, 0.15) is 11.5 Å². The maximum atomic E-state index is 7.25. The average molecular weight is 916 g/mol. The maximum absolute atomic E-state index is 7.25.